The summed E-state index contributed by atoms with van der Waals surface area (Å²) in [5.41, 5.74) is 1.92. The van der Waals surface area contributed by atoms with Gasteiger partial charge in [-0.2, -0.15) is 16.8 Å². The van der Waals surface area contributed by atoms with Crippen molar-refractivity contribution in [3.05, 3.63) is 59.7 Å². The molecule has 27 heteroatoms. The molecule has 87 heavy (non-hydrogen) atoms. The topological polar surface area (TPSA) is 296 Å². The van der Waals surface area contributed by atoms with E-state index in [-0.39, 0.29) is 90.7 Å². The predicted molar refractivity (Wildman–Crippen MR) is 354 cm³/mol. The van der Waals surface area contributed by atoms with Gasteiger partial charge in [0, 0.05) is 144 Å². The van der Waals surface area contributed by atoms with Crippen molar-refractivity contribution in [2.45, 2.75) is 90.7 Å². The molecule has 0 aliphatic heterocycles. The van der Waals surface area contributed by atoms with Crippen LogP contribution in [0.2, 0.25) is 18.1 Å². The molecule has 0 aromatic heterocycles. The van der Waals surface area contributed by atoms with Crippen molar-refractivity contribution in [1.29, 1.82) is 0 Å². The SMILES string of the molecule is C.C.CCCNCCO[Si](C)(C)C(C)(C)C.Cc1ccc(S(=O)(=O)OCCN(CCOS(=O)(=O)c2ccc(C)cc2)CCN(C)C)cc1.OCCN(CCO)CCN(CCN(CCO)CCO)CN(CCN(CCO)CCO)CCN(CCO)CCO. The highest BCUT2D eigenvalue weighted by Gasteiger charge is 2.36. The third-order valence-corrected chi connectivity index (χ3v) is 21.6. The van der Waals surface area contributed by atoms with Crippen molar-refractivity contribution in [2.24, 2.45) is 0 Å². The van der Waals surface area contributed by atoms with Crippen LogP contribution in [-0.2, 0) is 33.0 Å². The normalized spacial score (nSPS) is 12.3. The molecule has 0 saturated carbocycles. The van der Waals surface area contributed by atoms with Gasteiger partial charge in [0.2, 0.25) is 0 Å². The number of hydrogen-bond acceptors (Lipinski definition) is 24. The molecule has 9 N–H and O–H groups in total. The molecule has 0 unspecified atom stereocenters. The standard InChI is InChI=1S/C25H58N6O8.C22H32N2O6S2.C11H27NOSi.2CH4/c32-17-9-26(10-18-33)1-5-30(6-2-27(11-19-34)12-20-35)25-31(7-3-28(13-21-36)14-22-37)8-4-29(15-23-38)16-24-39;1-19-5-9-21(10-6-19)31(25,26)29-17-15-24(14-13-23(3)4)16-18-30-32(27,28)22-11-7-20(2)8-12-22;1-7-8-12-9-10-13-14(5,6)11(2,3)4;;/h32-39H,1-25H2;5-12H,13-18H2,1-4H3;12H,7-10H2,1-6H3;2*1H4. The largest absolute Gasteiger partial charge is 0.416 e. The molecule has 0 spiro atoms. The first-order chi connectivity index (χ1) is 40.3. The second-order valence-electron chi connectivity index (χ2n) is 22.7. The number of likely N-dealkylation sites (N-methyl/N-ethyl adjacent to an activating group) is 1. The molecule has 0 radical (unpaired) electrons. The predicted octanol–water partition coefficient (Wildman–Crippen LogP) is 1.25. The lowest BCUT2D eigenvalue weighted by atomic mass is 10.2. The molecule has 0 heterocycles. The molecule has 0 aliphatic carbocycles. The number of aliphatic hydroxyl groups excluding tert-OH is 8. The average molecular weight is 1300 g/mol. The quantitative estimate of drug-likeness (QED) is 0.0195. The molecule has 0 atom stereocenters. The van der Waals surface area contributed by atoms with Crippen LogP contribution in [0.1, 0.15) is 60.1 Å². The van der Waals surface area contributed by atoms with Crippen LogP contribution < -0.4 is 5.32 Å². The molecule has 2 aromatic carbocycles. The maximum atomic E-state index is 12.4. The zero-order valence-electron chi connectivity index (χ0n) is 53.7. The van der Waals surface area contributed by atoms with E-state index >= 15 is 0 Å². The Morgan fingerprint density at radius 3 is 0.966 bits per heavy atom. The summed E-state index contributed by atoms with van der Waals surface area (Å²) in [5, 5.41) is 78.9. The third kappa shape index (κ3) is 43.3. The van der Waals surface area contributed by atoms with Crippen LogP contribution in [-0.4, -0.2) is 343 Å². The lowest BCUT2D eigenvalue weighted by Crippen LogP contribution is -2.49. The van der Waals surface area contributed by atoms with Crippen molar-refractivity contribution >= 4 is 28.6 Å². The van der Waals surface area contributed by atoms with E-state index in [1.54, 1.807) is 24.3 Å². The second kappa shape index (κ2) is 52.3. The summed E-state index contributed by atoms with van der Waals surface area (Å²) < 4.78 is 65.8. The maximum absolute atomic E-state index is 12.4. The zero-order valence-corrected chi connectivity index (χ0v) is 56.3. The highest BCUT2D eigenvalue weighted by Crippen LogP contribution is 2.36. The second-order valence-corrected chi connectivity index (χ2v) is 30.8. The van der Waals surface area contributed by atoms with Crippen LogP contribution in [0.15, 0.2) is 58.3 Å². The van der Waals surface area contributed by atoms with Crippen molar-refractivity contribution in [2.75, 3.05) is 237 Å². The van der Waals surface area contributed by atoms with Gasteiger partial charge in [-0.25, -0.2) is 0 Å². The van der Waals surface area contributed by atoms with Crippen LogP contribution in [0.4, 0.5) is 0 Å². The Morgan fingerprint density at radius 2 is 0.701 bits per heavy atom. The Morgan fingerprint density at radius 1 is 0.425 bits per heavy atom. The molecule has 0 aliphatic rings. The first-order valence-electron chi connectivity index (χ1n) is 30.2. The van der Waals surface area contributed by atoms with Crippen LogP contribution in [0.5, 0.6) is 0 Å². The summed E-state index contributed by atoms with van der Waals surface area (Å²) in [6.45, 7) is 31.8. The highest BCUT2D eigenvalue weighted by molar-refractivity contribution is 7.87. The number of benzene rings is 2. The number of rotatable bonds is 49. The first kappa shape index (κ1) is 89.0. The number of nitrogens with one attached hydrogen (secondary N) is 1. The van der Waals surface area contributed by atoms with Crippen LogP contribution >= 0.6 is 0 Å². The van der Waals surface area contributed by atoms with Gasteiger partial charge in [-0.05, 0) is 83.3 Å². The molecule has 2 aromatic rings. The summed E-state index contributed by atoms with van der Waals surface area (Å²) in [6, 6.07) is 12.9. The fourth-order valence-corrected chi connectivity index (χ4v) is 10.9. The molecule has 0 fully saturated rings. The van der Waals surface area contributed by atoms with Gasteiger partial charge in [-0.1, -0.05) is 77.9 Å². The fourth-order valence-electron chi connectivity index (χ4n) is 8.07. The summed E-state index contributed by atoms with van der Waals surface area (Å²) in [6.07, 6.45) is 1.19. The van der Waals surface area contributed by atoms with Gasteiger partial charge in [0.15, 0.2) is 8.32 Å². The fraction of sp³-hybridized carbons (Fsp3) is 0.800. The molecule has 0 bridgehead atoms. The highest BCUT2D eigenvalue weighted by atomic mass is 32.2. The Labute approximate surface area is 529 Å². The van der Waals surface area contributed by atoms with Crippen molar-refractivity contribution < 1.29 is 70.5 Å². The number of nitrogens with zero attached hydrogens (tertiary/aromatic N) is 8. The van der Waals surface area contributed by atoms with Crippen molar-refractivity contribution in [3.8, 4) is 0 Å². The minimum absolute atomic E-state index is 0. The summed E-state index contributed by atoms with van der Waals surface area (Å²) >= 11 is 0. The monoisotopic (exact) mass is 1300 g/mol. The Kier molecular flexibility index (Phi) is 53.4. The van der Waals surface area contributed by atoms with Gasteiger partial charge in [0.05, 0.1) is 82.5 Å². The molecule has 0 saturated heterocycles. The van der Waals surface area contributed by atoms with E-state index in [4.69, 9.17) is 12.8 Å². The van der Waals surface area contributed by atoms with Crippen molar-refractivity contribution in [3.63, 3.8) is 0 Å². The van der Waals surface area contributed by atoms with Crippen molar-refractivity contribution in [1.82, 2.24) is 44.5 Å². The minimum atomic E-state index is -3.85. The van der Waals surface area contributed by atoms with E-state index in [2.05, 4.69) is 55.9 Å². The molecule has 24 nitrogen and oxygen atoms in total. The Hall–Kier alpha value is -2.24. The minimum Gasteiger partial charge on any atom is -0.416 e. The molecule has 0 amide bonds. The number of aryl methyl sites for hydroxylation is 2. The van der Waals surface area contributed by atoms with Crippen LogP contribution in [0, 0.1) is 13.8 Å². The summed E-state index contributed by atoms with van der Waals surface area (Å²) in [4.78, 5) is 16.7. The smallest absolute Gasteiger partial charge is 0.297 e. The van der Waals surface area contributed by atoms with E-state index in [0.29, 0.717) is 136 Å². The number of hydrogen-bond donors (Lipinski definition) is 9. The van der Waals surface area contributed by atoms with Gasteiger partial charge in [0.25, 0.3) is 20.2 Å². The maximum Gasteiger partial charge on any atom is 0.297 e. The summed E-state index contributed by atoms with van der Waals surface area (Å²) in [7, 11) is -5.36. The van der Waals surface area contributed by atoms with Gasteiger partial charge >= 0.3 is 0 Å². The van der Waals surface area contributed by atoms with Gasteiger partial charge < -0.3 is 55.5 Å². The third-order valence-electron chi connectivity index (χ3n) is 14.4. The number of aliphatic hydroxyl groups is 8. The van der Waals surface area contributed by atoms with E-state index in [9.17, 15) is 57.7 Å². The Balaban J connectivity index is -0.00000132. The Bertz CT molecular complexity index is 1940. The molecule has 2 rings (SSSR count). The van der Waals surface area contributed by atoms with Gasteiger partial charge in [-0.15, -0.1) is 0 Å². The first-order valence-corrected chi connectivity index (χ1v) is 35.9. The lowest BCUT2D eigenvalue weighted by Gasteiger charge is -2.36. The molecular weight excluding hydrogens is 1180 g/mol. The van der Waals surface area contributed by atoms with E-state index in [0.717, 1.165) is 37.4 Å². The van der Waals surface area contributed by atoms with E-state index < -0.39 is 28.6 Å². The van der Waals surface area contributed by atoms with E-state index in [1.165, 1.54) is 30.7 Å². The van der Waals surface area contributed by atoms with Gasteiger partial charge in [0.1, 0.15) is 0 Å². The molecular formula is C60H125N9O15S2Si. The lowest BCUT2D eigenvalue weighted by molar-refractivity contribution is 0.0680. The van der Waals surface area contributed by atoms with Gasteiger partial charge in [-0.3, -0.25) is 42.7 Å². The molecule has 516 valence electrons. The zero-order chi connectivity index (χ0) is 64.2. The van der Waals surface area contributed by atoms with Crippen LogP contribution in [0.25, 0.3) is 0 Å². The summed E-state index contributed by atoms with van der Waals surface area (Å²) in [5.74, 6) is 0. The van der Waals surface area contributed by atoms with E-state index in [1.807, 2.05) is 57.3 Å². The van der Waals surface area contributed by atoms with Crippen LogP contribution in [0.3, 0.4) is 0 Å². The average Bonchev–Trinajstić information content (AvgIpc) is 2.77.